The van der Waals surface area contributed by atoms with Gasteiger partial charge in [0.15, 0.2) is 0 Å². The first-order chi connectivity index (χ1) is 8.05. The van der Waals surface area contributed by atoms with Crippen molar-refractivity contribution in [3.8, 4) is 5.75 Å². The second-order valence-corrected chi connectivity index (χ2v) is 5.10. The highest BCUT2D eigenvalue weighted by Gasteiger charge is 2.53. The molecule has 0 amide bonds. The van der Waals surface area contributed by atoms with Gasteiger partial charge in [-0.3, -0.25) is 4.79 Å². The number of benzene rings is 1. The standard InChI is InChI=1S/C14H18O3/c1-14(9-12(14)13(15)16)8-7-10-3-5-11(17-2)6-4-10/h3-6,12H,7-9H2,1-2H3,(H,15,16). The minimum Gasteiger partial charge on any atom is -0.497 e. The number of rotatable bonds is 5. The highest BCUT2D eigenvalue weighted by atomic mass is 16.5. The van der Waals surface area contributed by atoms with Gasteiger partial charge in [0.05, 0.1) is 13.0 Å². The van der Waals surface area contributed by atoms with E-state index in [1.165, 1.54) is 5.56 Å². The number of hydrogen-bond acceptors (Lipinski definition) is 2. The number of aryl methyl sites for hydroxylation is 1. The first-order valence-corrected chi connectivity index (χ1v) is 5.91. The zero-order valence-electron chi connectivity index (χ0n) is 10.3. The van der Waals surface area contributed by atoms with Crippen LogP contribution in [0.2, 0.25) is 0 Å². The lowest BCUT2D eigenvalue weighted by Crippen LogP contribution is -2.08. The van der Waals surface area contributed by atoms with Gasteiger partial charge < -0.3 is 9.84 Å². The van der Waals surface area contributed by atoms with Crippen molar-refractivity contribution in [3.05, 3.63) is 29.8 Å². The van der Waals surface area contributed by atoms with E-state index in [4.69, 9.17) is 9.84 Å². The van der Waals surface area contributed by atoms with Gasteiger partial charge in [-0.05, 0) is 42.4 Å². The van der Waals surface area contributed by atoms with Crippen molar-refractivity contribution < 1.29 is 14.6 Å². The Labute approximate surface area is 101 Å². The number of hydrogen-bond donors (Lipinski definition) is 1. The van der Waals surface area contributed by atoms with Crippen LogP contribution < -0.4 is 4.74 Å². The molecule has 3 heteroatoms. The van der Waals surface area contributed by atoms with Gasteiger partial charge in [0.2, 0.25) is 0 Å². The average Bonchev–Trinajstić information content (AvgIpc) is 3.01. The molecule has 1 fully saturated rings. The molecule has 2 unspecified atom stereocenters. The number of carbonyl (C=O) groups is 1. The third-order valence-corrected chi connectivity index (χ3v) is 3.79. The van der Waals surface area contributed by atoms with Crippen LogP contribution in [0.1, 0.15) is 25.3 Å². The fourth-order valence-electron chi connectivity index (χ4n) is 2.29. The summed E-state index contributed by atoms with van der Waals surface area (Å²) in [4.78, 5) is 10.9. The van der Waals surface area contributed by atoms with E-state index in [9.17, 15) is 4.79 Å². The van der Waals surface area contributed by atoms with E-state index in [0.29, 0.717) is 0 Å². The number of aliphatic carboxylic acids is 1. The van der Waals surface area contributed by atoms with E-state index in [1.54, 1.807) is 7.11 Å². The minimum atomic E-state index is -0.651. The van der Waals surface area contributed by atoms with Gasteiger partial charge in [0.25, 0.3) is 0 Å². The van der Waals surface area contributed by atoms with Crippen molar-refractivity contribution in [3.63, 3.8) is 0 Å². The minimum absolute atomic E-state index is 0.00572. The highest BCUT2D eigenvalue weighted by Crippen LogP contribution is 2.55. The molecule has 1 aliphatic carbocycles. The van der Waals surface area contributed by atoms with Gasteiger partial charge in [0.1, 0.15) is 5.75 Å². The molecular weight excluding hydrogens is 216 g/mol. The van der Waals surface area contributed by atoms with Gasteiger partial charge in [-0.25, -0.2) is 0 Å². The largest absolute Gasteiger partial charge is 0.497 e. The average molecular weight is 234 g/mol. The molecule has 0 saturated heterocycles. The van der Waals surface area contributed by atoms with Crippen LogP contribution in [0.5, 0.6) is 5.75 Å². The van der Waals surface area contributed by atoms with Gasteiger partial charge in [-0.15, -0.1) is 0 Å². The van der Waals surface area contributed by atoms with E-state index >= 15 is 0 Å². The molecule has 2 atom stereocenters. The molecule has 3 nitrogen and oxygen atoms in total. The van der Waals surface area contributed by atoms with Gasteiger partial charge in [0, 0.05) is 0 Å². The number of carboxylic acid groups (broad SMARTS) is 1. The Kier molecular flexibility index (Phi) is 3.09. The maximum Gasteiger partial charge on any atom is 0.307 e. The van der Waals surface area contributed by atoms with Crippen LogP contribution in [-0.2, 0) is 11.2 Å². The Morgan fingerprint density at radius 2 is 2.12 bits per heavy atom. The summed E-state index contributed by atoms with van der Waals surface area (Å²) in [7, 11) is 1.65. The van der Waals surface area contributed by atoms with Crippen LogP contribution in [0, 0.1) is 11.3 Å². The molecule has 92 valence electrons. The molecule has 0 radical (unpaired) electrons. The Bertz CT molecular complexity index is 410. The van der Waals surface area contributed by atoms with Gasteiger partial charge in [-0.1, -0.05) is 19.1 Å². The number of carboxylic acids is 1. The van der Waals surface area contributed by atoms with Crippen molar-refractivity contribution in [2.45, 2.75) is 26.2 Å². The molecule has 0 aliphatic heterocycles. The third kappa shape index (κ3) is 2.60. The topological polar surface area (TPSA) is 46.5 Å². The van der Waals surface area contributed by atoms with Crippen molar-refractivity contribution in [2.24, 2.45) is 11.3 Å². The molecule has 17 heavy (non-hydrogen) atoms. The summed E-state index contributed by atoms with van der Waals surface area (Å²) in [6.07, 6.45) is 2.69. The molecule has 1 aromatic carbocycles. The van der Waals surface area contributed by atoms with Crippen molar-refractivity contribution in [1.82, 2.24) is 0 Å². The summed E-state index contributed by atoms with van der Waals surface area (Å²) in [5.41, 5.74) is 1.24. The molecule has 1 saturated carbocycles. The van der Waals surface area contributed by atoms with E-state index in [1.807, 2.05) is 24.3 Å². The molecule has 2 rings (SSSR count). The second kappa shape index (κ2) is 4.40. The van der Waals surface area contributed by atoms with E-state index < -0.39 is 5.97 Å². The highest BCUT2D eigenvalue weighted by molar-refractivity contribution is 5.74. The summed E-state index contributed by atoms with van der Waals surface area (Å²) < 4.78 is 5.10. The summed E-state index contributed by atoms with van der Waals surface area (Å²) in [6.45, 7) is 2.06. The molecule has 0 bridgehead atoms. The maximum atomic E-state index is 10.9. The summed E-state index contributed by atoms with van der Waals surface area (Å²) in [5, 5.41) is 8.94. The van der Waals surface area contributed by atoms with Crippen LogP contribution in [-0.4, -0.2) is 18.2 Å². The fourth-order valence-corrected chi connectivity index (χ4v) is 2.29. The molecule has 0 heterocycles. The van der Waals surface area contributed by atoms with E-state index in [2.05, 4.69) is 6.92 Å². The molecular formula is C14H18O3. The number of methoxy groups -OCH3 is 1. The second-order valence-electron chi connectivity index (χ2n) is 5.10. The lowest BCUT2D eigenvalue weighted by molar-refractivity contribution is -0.139. The molecule has 1 N–H and O–H groups in total. The van der Waals surface area contributed by atoms with Crippen LogP contribution in [0.25, 0.3) is 0 Å². The van der Waals surface area contributed by atoms with Crippen molar-refractivity contribution in [1.29, 1.82) is 0 Å². The molecule has 1 aromatic rings. The predicted molar refractivity (Wildman–Crippen MR) is 65.2 cm³/mol. The van der Waals surface area contributed by atoms with Crippen LogP contribution >= 0.6 is 0 Å². The number of ether oxygens (including phenoxy) is 1. The zero-order chi connectivity index (χ0) is 12.5. The first kappa shape index (κ1) is 12.0. The predicted octanol–water partition coefficient (Wildman–Crippen LogP) is 2.74. The third-order valence-electron chi connectivity index (χ3n) is 3.79. The van der Waals surface area contributed by atoms with Gasteiger partial charge >= 0.3 is 5.97 Å². The maximum absolute atomic E-state index is 10.9. The van der Waals surface area contributed by atoms with Crippen LogP contribution in [0.3, 0.4) is 0 Å². The fraction of sp³-hybridized carbons (Fsp3) is 0.500. The van der Waals surface area contributed by atoms with Crippen LogP contribution in [0.15, 0.2) is 24.3 Å². The normalized spacial score (nSPS) is 26.6. The molecule has 1 aliphatic rings. The molecule has 0 spiro atoms. The smallest absolute Gasteiger partial charge is 0.307 e. The summed E-state index contributed by atoms with van der Waals surface area (Å²) in [5.74, 6) is 0.0674. The molecule has 0 aromatic heterocycles. The van der Waals surface area contributed by atoms with E-state index in [-0.39, 0.29) is 11.3 Å². The van der Waals surface area contributed by atoms with Crippen LogP contribution in [0.4, 0.5) is 0 Å². The van der Waals surface area contributed by atoms with E-state index in [0.717, 1.165) is 25.0 Å². The summed E-state index contributed by atoms with van der Waals surface area (Å²) in [6, 6.07) is 7.97. The lowest BCUT2D eigenvalue weighted by atomic mass is 9.96. The quantitative estimate of drug-likeness (QED) is 0.852. The Balaban J connectivity index is 1.88. The summed E-state index contributed by atoms with van der Waals surface area (Å²) >= 11 is 0. The Hall–Kier alpha value is -1.51. The first-order valence-electron chi connectivity index (χ1n) is 5.91. The lowest BCUT2D eigenvalue weighted by Gasteiger charge is -2.09. The SMILES string of the molecule is COc1ccc(CCC2(C)CC2C(=O)O)cc1. The Morgan fingerprint density at radius 3 is 2.59 bits per heavy atom. The van der Waals surface area contributed by atoms with Gasteiger partial charge in [-0.2, -0.15) is 0 Å². The van der Waals surface area contributed by atoms with Crippen molar-refractivity contribution in [2.75, 3.05) is 7.11 Å². The van der Waals surface area contributed by atoms with Crippen molar-refractivity contribution >= 4 is 5.97 Å². The zero-order valence-corrected chi connectivity index (χ0v) is 10.3. The Morgan fingerprint density at radius 1 is 1.47 bits per heavy atom. The monoisotopic (exact) mass is 234 g/mol.